The summed E-state index contributed by atoms with van der Waals surface area (Å²) in [6.45, 7) is 2.14. The number of para-hydroxylation sites is 9. The molecule has 3 aliphatic heterocycles. The lowest BCUT2D eigenvalue weighted by Crippen LogP contribution is -2.27. The first-order valence-corrected chi connectivity index (χ1v) is 17.5. The van der Waals surface area contributed by atoms with Gasteiger partial charge in [0.2, 0.25) is 0 Å². The highest BCUT2D eigenvalue weighted by molar-refractivity contribution is 5.94. The maximum atomic E-state index is 2.46. The lowest BCUT2D eigenvalue weighted by Gasteiger charge is -2.29. The maximum Gasteiger partial charge on any atom is 0.100 e. The van der Waals surface area contributed by atoms with Crippen molar-refractivity contribution in [2.45, 2.75) is 0 Å². The average Bonchev–Trinajstić information content (AvgIpc) is 3.91. The van der Waals surface area contributed by atoms with E-state index in [4.69, 9.17) is 0 Å². The van der Waals surface area contributed by atoms with E-state index >= 15 is 0 Å². The van der Waals surface area contributed by atoms with Gasteiger partial charge in [-0.3, -0.25) is 0 Å². The van der Waals surface area contributed by atoms with Crippen molar-refractivity contribution in [3.63, 3.8) is 0 Å². The first kappa shape index (κ1) is 29.3. The number of rotatable bonds is 6. The van der Waals surface area contributed by atoms with Crippen molar-refractivity contribution < 1.29 is 0 Å². The average molecular weight is 661 g/mol. The van der Waals surface area contributed by atoms with Crippen LogP contribution in [0.25, 0.3) is 0 Å². The molecule has 0 saturated carbocycles. The Labute approximate surface area is 298 Å². The number of fused-ring (bicyclic) bond motifs is 3. The second-order valence-electron chi connectivity index (χ2n) is 13.2. The summed E-state index contributed by atoms with van der Waals surface area (Å²) < 4.78 is 0. The zero-order valence-corrected chi connectivity index (χ0v) is 28.1. The summed E-state index contributed by atoms with van der Waals surface area (Å²) in [5.41, 5.74) is 14.2. The van der Waals surface area contributed by atoms with E-state index in [1.54, 1.807) is 0 Å². The highest BCUT2D eigenvalue weighted by atomic mass is 15.4. The number of nitrogens with zero attached hydrogens (tertiary/aromatic N) is 6. The number of hydrogen-bond donors (Lipinski definition) is 0. The molecule has 0 amide bonds. The molecule has 0 saturated heterocycles. The van der Waals surface area contributed by atoms with Crippen LogP contribution >= 0.6 is 0 Å². The molecule has 3 aliphatic rings. The van der Waals surface area contributed by atoms with Crippen LogP contribution in [0.1, 0.15) is 0 Å². The van der Waals surface area contributed by atoms with E-state index in [0.717, 1.165) is 17.1 Å². The predicted octanol–water partition coefficient (Wildman–Crippen LogP) is 11.4. The van der Waals surface area contributed by atoms with Gasteiger partial charge in [-0.15, -0.1) is 0 Å². The van der Waals surface area contributed by atoms with Gasteiger partial charge in [0.1, 0.15) is 20.0 Å². The second-order valence-corrected chi connectivity index (χ2v) is 13.2. The normalized spacial score (nSPS) is 14.6. The van der Waals surface area contributed by atoms with Crippen molar-refractivity contribution >= 4 is 68.2 Å². The van der Waals surface area contributed by atoms with Crippen LogP contribution in [0.4, 0.5) is 68.2 Å². The Morgan fingerprint density at radius 3 is 0.647 bits per heavy atom. The summed E-state index contributed by atoms with van der Waals surface area (Å²) in [4.78, 5) is 14.6. The Kier molecular flexibility index (Phi) is 6.91. The van der Waals surface area contributed by atoms with Crippen LogP contribution in [-0.2, 0) is 0 Å². The van der Waals surface area contributed by atoms with Crippen LogP contribution in [0.5, 0.6) is 0 Å². The fourth-order valence-corrected chi connectivity index (χ4v) is 7.84. The zero-order chi connectivity index (χ0) is 33.7. The van der Waals surface area contributed by atoms with Crippen LogP contribution in [0.3, 0.4) is 0 Å². The zero-order valence-electron chi connectivity index (χ0n) is 28.1. The van der Waals surface area contributed by atoms with Crippen molar-refractivity contribution in [1.29, 1.82) is 0 Å². The van der Waals surface area contributed by atoms with Crippen molar-refractivity contribution in [3.05, 3.63) is 182 Å². The van der Waals surface area contributed by atoms with Crippen LogP contribution in [0.15, 0.2) is 182 Å². The van der Waals surface area contributed by atoms with Gasteiger partial charge < -0.3 is 29.4 Å². The Balaban J connectivity index is 1.13. The smallest absolute Gasteiger partial charge is 0.100 e. The molecule has 10 rings (SSSR count). The van der Waals surface area contributed by atoms with Crippen molar-refractivity contribution in [3.8, 4) is 0 Å². The van der Waals surface area contributed by atoms with Gasteiger partial charge in [0.25, 0.3) is 0 Å². The molecule has 0 radical (unpaired) electrons. The summed E-state index contributed by atoms with van der Waals surface area (Å²) in [7, 11) is 0. The Bertz CT molecular complexity index is 2070. The van der Waals surface area contributed by atoms with E-state index in [2.05, 4.69) is 211 Å². The van der Waals surface area contributed by atoms with Gasteiger partial charge in [-0.1, -0.05) is 91.0 Å². The van der Waals surface area contributed by atoms with Crippen LogP contribution in [0, 0.1) is 0 Å². The minimum atomic E-state index is 0.714. The van der Waals surface area contributed by atoms with Crippen LogP contribution in [0.2, 0.25) is 0 Å². The van der Waals surface area contributed by atoms with E-state index in [1.165, 1.54) is 51.2 Å². The Hall–Kier alpha value is -6.66. The summed E-state index contributed by atoms with van der Waals surface area (Å²) in [6.07, 6.45) is 0. The SMILES string of the molecule is c1ccc(N2CN(c3cc(N4CN(c5ccccc5)c5ccccc54)cc(N4CN(c5ccccc5)c5ccccc54)c3)c3ccccc32)cc1. The van der Waals surface area contributed by atoms with E-state index < -0.39 is 0 Å². The van der Waals surface area contributed by atoms with Gasteiger partial charge in [0.05, 0.1) is 34.1 Å². The molecule has 0 bridgehead atoms. The van der Waals surface area contributed by atoms with Gasteiger partial charge in [-0.2, -0.15) is 0 Å². The van der Waals surface area contributed by atoms with Gasteiger partial charge in [0.15, 0.2) is 0 Å². The Morgan fingerprint density at radius 2 is 0.412 bits per heavy atom. The van der Waals surface area contributed by atoms with E-state index in [0.29, 0.717) is 20.0 Å². The molecule has 7 aromatic carbocycles. The highest BCUT2D eigenvalue weighted by Gasteiger charge is 2.34. The first-order valence-electron chi connectivity index (χ1n) is 17.5. The van der Waals surface area contributed by atoms with Gasteiger partial charge in [-0.25, -0.2) is 0 Å². The largest absolute Gasteiger partial charge is 0.321 e. The first-order chi connectivity index (χ1) is 25.3. The number of benzene rings is 7. The fourth-order valence-electron chi connectivity index (χ4n) is 7.84. The molecule has 7 aromatic rings. The molecular formula is C45H36N6. The fraction of sp³-hybridized carbons (Fsp3) is 0.0667. The monoisotopic (exact) mass is 660 g/mol. The molecule has 246 valence electrons. The summed E-state index contributed by atoms with van der Waals surface area (Å²) in [5, 5.41) is 0. The minimum absolute atomic E-state index is 0.714. The molecule has 3 heterocycles. The quantitative estimate of drug-likeness (QED) is 0.176. The van der Waals surface area contributed by atoms with Crippen LogP contribution in [-0.4, -0.2) is 20.0 Å². The molecule has 0 spiro atoms. The molecule has 0 aliphatic carbocycles. The third-order valence-electron chi connectivity index (χ3n) is 10.3. The van der Waals surface area contributed by atoms with Gasteiger partial charge >= 0.3 is 0 Å². The molecular weight excluding hydrogens is 625 g/mol. The summed E-state index contributed by atoms with van der Waals surface area (Å²) in [6, 6.07) is 65.5. The molecule has 51 heavy (non-hydrogen) atoms. The minimum Gasteiger partial charge on any atom is -0.321 e. The highest BCUT2D eigenvalue weighted by Crippen LogP contribution is 2.51. The van der Waals surface area contributed by atoms with E-state index in [-0.39, 0.29) is 0 Å². The van der Waals surface area contributed by atoms with Crippen molar-refractivity contribution in [1.82, 2.24) is 0 Å². The third kappa shape index (κ3) is 4.95. The molecule has 0 N–H and O–H groups in total. The third-order valence-corrected chi connectivity index (χ3v) is 10.3. The topological polar surface area (TPSA) is 19.4 Å². The number of hydrogen-bond acceptors (Lipinski definition) is 6. The van der Waals surface area contributed by atoms with E-state index in [1.807, 2.05) is 0 Å². The molecule has 6 nitrogen and oxygen atoms in total. The van der Waals surface area contributed by atoms with Gasteiger partial charge in [0, 0.05) is 34.1 Å². The second kappa shape index (κ2) is 12.0. The van der Waals surface area contributed by atoms with Gasteiger partial charge in [-0.05, 0) is 91.0 Å². The number of anilines is 12. The van der Waals surface area contributed by atoms with E-state index in [9.17, 15) is 0 Å². The van der Waals surface area contributed by atoms with Crippen molar-refractivity contribution in [2.75, 3.05) is 49.4 Å². The van der Waals surface area contributed by atoms with Crippen LogP contribution < -0.4 is 29.4 Å². The lowest BCUT2D eigenvalue weighted by molar-refractivity contribution is 0.966. The Morgan fingerprint density at radius 1 is 0.216 bits per heavy atom. The summed E-state index contributed by atoms with van der Waals surface area (Å²) >= 11 is 0. The molecule has 0 fully saturated rings. The molecule has 0 unspecified atom stereocenters. The standard InChI is InChI=1S/C45H36N6/c1-4-16-34(17-5-1)46-31-49(43-25-13-10-22-40(43)46)37-28-38(50-32-47(35-18-6-2-7-19-35)41-23-11-14-26-44(41)50)30-39(29-37)51-33-48(36-20-8-3-9-21-36)42-24-12-15-27-45(42)51/h1-30H,31-33H2. The summed E-state index contributed by atoms with van der Waals surface area (Å²) in [5.74, 6) is 0. The molecule has 0 aromatic heterocycles. The lowest BCUT2D eigenvalue weighted by atomic mass is 10.1. The van der Waals surface area contributed by atoms with Crippen molar-refractivity contribution in [2.24, 2.45) is 0 Å². The molecule has 6 heteroatoms. The maximum absolute atomic E-state index is 2.46. The molecule has 0 atom stereocenters. The predicted molar refractivity (Wildman–Crippen MR) is 213 cm³/mol.